The SMILES string of the molecule is CC(=O)N1CC(SCC2CCC2)C1. The molecule has 74 valence electrons. The first-order chi connectivity index (χ1) is 6.25. The molecule has 0 spiro atoms. The molecule has 0 N–H and O–H groups in total. The standard InChI is InChI=1S/C10H17NOS/c1-8(12)11-5-10(6-11)13-7-9-3-2-4-9/h9-10H,2-7H2,1H3. The van der Waals surface area contributed by atoms with Crippen molar-refractivity contribution in [2.75, 3.05) is 18.8 Å². The third-order valence-electron chi connectivity index (χ3n) is 3.09. The molecule has 1 saturated carbocycles. The molecule has 3 heteroatoms. The van der Waals surface area contributed by atoms with Crippen LogP contribution in [0.15, 0.2) is 0 Å². The Labute approximate surface area is 84.1 Å². The maximum absolute atomic E-state index is 10.9. The van der Waals surface area contributed by atoms with Crippen LogP contribution in [-0.2, 0) is 4.79 Å². The van der Waals surface area contributed by atoms with Crippen LogP contribution in [0.4, 0.5) is 0 Å². The van der Waals surface area contributed by atoms with E-state index in [1.165, 1.54) is 25.0 Å². The molecule has 1 amide bonds. The first kappa shape index (κ1) is 9.38. The average Bonchev–Trinajstić information content (AvgIpc) is 1.88. The van der Waals surface area contributed by atoms with E-state index in [9.17, 15) is 4.79 Å². The number of rotatable bonds is 3. The lowest BCUT2D eigenvalue weighted by atomic mass is 9.87. The van der Waals surface area contributed by atoms with Crippen LogP contribution < -0.4 is 0 Å². The zero-order chi connectivity index (χ0) is 9.26. The second-order valence-electron chi connectivity index (χ2n) is 4.18. The maximum Gasteiger partial charge on any atom is 0.219 e. The first-order valence-electron chi connectivity index (χ1n) is 5.13. The molecule has 2 aliphatic rings. The summed E-state index contributed by atoms with van der Waals surface area (Å²) < 4.78 is 0. The normalized spacial score (nSPS) is 23.9. The fraction of sp³-hybridized carbons (Fsp3) is 0.900. The van der Waals surface area contributed by atoms with Crippen molar-refractivity contribution >= 4 is 17.7 Å². The van der Waals surface area contributed by atoms with Crippen LogP contribution in [0.5, 0.6) is 0 Å². The van der Waals surface area contributed by atoms with Crippen LogP contribution in [0.25, 0.3) is 0 Å². The van der Waals surface area contributed by atoms with Gasteiger partial charge in [-0.25, -0.2) is 0 Å². The summed E-state index contributed by atoms with van der Waals surface area (Å²) >= 11 is 2.07. The van der Waals surface area contributed by atoms with Crippen molar-refractivity contribution in [2.24, 2.45) is 5.92 Å². The van der Waals surface area contributed by atoms with Crippen LogP contribution >= 0.6 is 11.8 Å². The summed E-state index contributed by atoms with van der Waals surface area (Å²) in [4.78, 5) is 12.8. The Balaban J connectivity index is 1.56. The van der Waals surface area contributed by atoms with Crippen LogP contribution in [0.1, 0.15) is 26.2 Å². The zero-order valence-electron chi connectivity index (χ0n) is 8.16. The molecule has 13 heavy (non-hydrogen) atoms. The molecular weight excluding hydrogens is 182 g/mol. The minimum Gasteiger partial charge on any atom is -0.341 e. The first-order valence-corrected chi connectivity index (χ1v) is 6.17. The summed E-state index contributed by atoms with van der Waals surface area (Å²) in [5.41, 5.74) is 0. The molecule has 1 aliphatic heterocycles. The number of amides is 1. The van der Waals surface area contributed by atoms with E-state index in [0.29, 0.717) is 0 Å². The van der Waals surface area contributed by atoms with Gasteiger partial charge in [0.25, 0.3) is 0 Å². The van der Waals surface area contributed by atoms with Crippen LogP contribution in [0.3, 0.4) is 0 Å². The van der Waals surface area contributed by atoms with E-state index in [0.717, 1.165) is 24.3 Å². The van der Waals surface area contributed by atoms with Crippen molar-refractivity contribution < 1.29 is 4.79 Å². The third kappa shape index (κ3) is 2.19. The van der Waals surface area contributed by atoms with Crippen LogP contribution in [0.2, 0.25) is 0 Å². The van der Waals surface area contributed by atoms with Crippen molar-refractivity contribution in [3.63, 3.8) is 0 Å². The molecule has 1 aliphatic carbocycles. The minimum atomic E-state index is 0.237. The molecule has 1 saturated heterocycles. The van der Waals surface area contributed by atoms with Gasteiger partial charge in [-0.05, 0) is 24.5 Å². The highest BCUT2D eigenvalue weighted by Crippen LogP contribution is 2.33. The van der Waals surface area contributed by atoms with Gasteiger partial charge in [-0.15, -0.1) is 0 Å². The summed E-state index contributed by atoms with van der Waals surface area (Å²) in [7, 11) is 0. The van der Waals surface area contributed by atoms with E-state index in [4.69, 9.17) is 0 Å². The zero-order valence-corrected chi connectivity index (χ0v) is 8.98. The molecule has 0 radical (unpaired) electrons. The van der Waals surface area contributed by atoms with Gasteiger partial charge in [0.05, 0.1) is 0 Å². The highest BCUT2D eigenvalue weighted by atomic mass is 32.2. The fourth-order valence-corrected chi connectivity index (χ4v) is 3.18. The number of thioether (sulfide) groups is 1. The molecule has 0 aromatic carbocycles. The van der Waals surface area contributed by atoms with Gasteiger partial charge < -0.3 is 4.90 Å². The van der Waals surface area contributed by atoms with Crippen molar-refractivity contribution in [1.29, 1.82) is 0 Å². The van der Waals surface area contributed by atoms with E-state index in [1.54, 1.807) is 6.92 Å². The van der Waals surface area contributed by atoms with E-state index in [2.05, 4.69) is 11.8 Å². The topological polar surface area (TPSA) is 20.3 Å². The monoisotopic (exact) mass is 199 g/mol. The molecule has 0 atom stereocenters. The molecule has 0 aromatic rings. The Bertz CT molecular complexity index is 197. The molecule has 2 nitrogen and oxygen atoms in total. The molecule has 1 heterocycles. The molecule has 0 aromatic heterocycles. The summed E-state index contributed by atoms with van der Waals surface area (Å²) in [6.45, 7) is 3.65. The van der Waals surface area contributed by atoms with Gasteiger partial charge in [0.15, 0.2) is 0 Å². The quantitative estimate of drug-likeness (QED) is 0.690. The second kappa shape index (κ2) is 3.91. The predicted molar refractivity (Wildman–Crippen MR) is 55.8 cm³/mol. The number of nitrogens with zero attached hydrogens (tertiary/aromatic N) is 1. The summed E-state index contributed by atoms with van der Waals surface area (Å²) in [5.74, 6) is 2.56. The maximum atomic E-state index is 10.9. The van der Waals surface area contributed by atoms with Crippen molar-refractivity contribution in [1.82, 2.24) is 4.90 Å². The van der Waals surface area contributed by atoms with Crippen LogP contribution in [-0.4, -0.2) is 34.9 Å². The van der Waals surface area contributed by atoms with E-state index < -0.39 is 0 Å². The Morgan fingerprint density at radius 3 is 2.62 bits per heavy atom. The number of hydrogen-bond acceptors (Lipinski definition) is 2. The third-order valence-corrected chi connectivity index (χ3v) is 4.52. The van der Waals surface area contributed by atoms with Crippen molar-refractivity contribution in [3.05, 3.63) is 0 Å². The highest BCUT2D eigenvalue weighted by molar-refractivity contribution is 8.00. The van der Waals surface area contributed by atoms with E-state index in [1.807, 2.05) is 4.90 Å². The Kier molecular flexibility index (Phi) is 2.82. The number of carbonyl (C=O) groups is 1. The van der Waals surface area contributed by atoms with Gasteiger partial charge in [-0.3, -0.25) is 4.79 Å². The molecule has 0 unspecified atom stereocenters. The second-order valence-corrected chi connectivity index (χ2v) is 5.51. The van der Waals surface area contributed by atoms with Crippen molar-refractivity contribution in [3.8, 4) is 0 Å². The lowest BCUT2D eigenvalue weighted by Crippen LogP contribution is -2.51. The molecule has 0 bridgehead atoms. The molecular formula is C10H17NOS. The number of likely N-dealkylation sites (tertiary alicyclic amines) is 1. The summed E-state index contributed by atoms with van der Waals surface area (Å²) in [6, 6.07) is 0. The van der Waals surface area contributed by atoms with Gasteiger partial charge in [0, 0.05) is 25.3 Å². The van der Waals surface area contributed by atoms with Crippen molar-refractivity contribution in [2.45, 2.75) is 31.4 Å². The van der Waals surface area contributed by atoms with Gasteiger partial charge in [-0.2, -0.15) is 11.8 Å². The Hall–Kier alpha value is -0.180. The van der Waals surface area contributed by atoms with Gasteiger partial charge in [0.2, 0.25) is 5.91 Å². The average molecular weight is 199 g/mol. The molecule has 2 fully saturated rings. The molecule has 2 rings (SSSR count). The van der Waals surface area contributed by atoms with Gasteiger partial charge >= 0.3 is 0 Å². The number of carbonyl (C=O) groups excluding carboxylic acids is 1. The largest absolute Gasteiger partial charge is 0.341 e. The van der Waals surface area contributed by atoms with Crippen LogP contribution in [0, 0.1) is 5.92 Å². The Morgan fingerprint density at radius 1 is 1.46 bits per heavy atom. The van der Waals surface area contributed by atoms with Gasteiger partial charge in [-0.1, -0.05) is 6.42 Å². The van der Waals surface area contributed by atoms with E-state index >= 15 is 0 Å². The fourth-order valence-electron chi connectivity index (χ4n) is 1.73. The summed E-state index contributed by atoms with van der Waals surface area (Å²) in [5, 5.41) is 0.740. The highest BCUT2D eigenvalue weighted by Gasteiger charge is 2.30. The van der Waals surface area contributed by atoms with Gasteiger partial charge in [0.1, 0.15) is 0 Å². The minimum absolute atomic E-state index is 0.237. The smallest absolute Gasteiger partial charge is 0.219 e. The summed E-state index contributed by atoms with van der Waals surface area (Å²) in [6.07, 6.45) is 4.32. The predicted octanol–water partition coefficient (Wildman–Crippen LogP) is 1.75. The lowest BCUT2D eigenvalue weighted by Gasteiger charge is -2.39. The Morgan fingerprint density at radius 2 is 2.15 bits per heavy atom. The van der Waals surface area contributed by atoms with E-state index in [-0.39, 0.29) is 5.91 Å². The number of hydrogen-bond donors (Lipinski definition) is 0. The lowest BCUT2D eigenvalue weighted by molar-refractivity contribution is -0.131.